The number of likely N-dealkylation sites (tertiary alicyclic amines) is 1. The minimum absolute atomic E-state index is 0.132. The highest BCUT2D eigenvalue weighted by molar-refractivity contribution is 8.00. The lowest BCUT2D eigenvalue weighted by molar-refractivity contribution is 0.0690. The molecule has 7 heteroatoms. The Morgan fingerprint density at radius 2 is 2.22 bits per heavy atom. The zero-order chi connectivity index (χ0) is 16.3. The molecule has 0 bridgehead atoms. The number of aromatic carboxylic acids is 1. The summed E-state index contributed by atoms with van der Waals surface area (Å²) in [6.07, 6.45) is 0.879. The lowest BCUT2D eigenvalue weighted by atomic mass is 9.77. The third-order valence-electron chi connectivity index (χ3n) is 5.28. The molecule has 3 atom stereocenters. The monoisotopic (exact) mass is 333 g/mol. The smallest absolute Gasteiger partial charge is 0.526 e. The van der Waals surface area contributed by atoms with Gasteiger partial charge in [-0.2, -0.15) is 0 Å². The zero-order valence-electron chi connectivity index (χ0n) is 13.2. The Kier molecular flexibility index (Phi) is 3.63. The Labute approximate surface area is 140 Å². The quantitative estimate of drug-likeness (QED) is 0.650. The molecule has 2 N–H and O–H groups in total. The largest absolute Gasteiger partial charge is 0.535 e. The number of thioether (sulfide) groups is 1. The molecule has 1 saturated carbocycles. The third kappa shape index (κ3) is 2.55. The molecule has 23 heavy (non-hydrogen) atoms. The van der Waals surface area contributed by atoms with Gasteiger partial charge in [-0.15, -0.1) is 11.8 Å². The van der Waals surface area contributed by atoms with Crippen molar-refractivity contribution in [3.63, 3.8) is 0 Å². The van der Waals surface area contributed by atoms with Gasteiger partial charge in [-0.1, -0.05) is 13.0 Å². The number of hydrogen-bond acceptors (Lipinski definition) is 5. The molecular formula is C16H20BNO4S. The Morgan fingerprint density at radius 3 is 2.87 bits per heavy atom. The van der Waals surface area contributed by atoms with E-state index >= 15 is 0 Å². The number of carboxylic acids is 1. The Hall–Kier alpha value is -1.18. The molecule has 0 aromatic heterocycles. The first-order valence-corrected chi connectivity index (χ1v) is 8.93. The topological polar surface area (TPSA) is 70.0 Å². The molecule has 0 radical (unpaired) electrons. The van der Waals surface area contributed by atoms with Gasteiger partial charge in [0.1, 0.15) is 11.3 Å². The molecule has 1 saturated heterocycles. The molecule has 2 fully saturated rings. The fourth-order valence-corrected chi connectivity index (χ4v) is 4.95. The number of fused-ring (bicyclic) bond motifs is 3. The maximum absolute atomic E-state index is 11.8. The summed E-state index contributed by atoms with van der Waals surface area (Å²) in [7, 11) is 1.22. The van der Waals surface area contributed by atoms with Crippen molar-refractivity contribution in [2.24, 2.45) is 5.92 Å². The molecule has 1 unspecified atom stereocenters. The summed E-state index contributed by atoms with van der Waals surface area (Å²) in [5, 5.41) is 20.0. The standard InChI is InChI=1S/C16H20BNO4S/c1-8(9-6-18(2)7-9)23-13-4-3-10-11-5-12(11)17(21)22-15(10)14(13)16(19)20/h3-4,8-9,11-12,21H,5-7H2,1-2H3,(H,19,20)/t8-,11?,12+/m1/s1. The van der Waals surface area contributed by atoms with Crippen LogP contribution >= 0.6 is 11.8 Å². The van der Waals surface area contributed by atoms with Gasteiger partial charge in [-0.25, -0.2) is 4.79 Å². The van der Waals surface area contributed by atoms with Gasteiger partial charge in [-0.3, -0.25) is 0 Å². The predicted octanol–water partition coefficient (Wildman–Crippen LogP) is 2.16. The van der Waals surface area contributed by atoms with E-state index in [1.807, 2.05) is 12.1 Å². The average molecular weight is 333 g/mol. The van der Waals surface area contributed by atoms with Gasteiger partial charge in [0.2, 0.25) is 0 Å². The van der Waals surface area contributed by atoms with E-state index in [9.17, 15) is 14.9 Å². The molecule has 1 aliphatic carbocycles. The number of carbonyl (C=O) groups is 1. The Bertz CT molecular complexity index is 664. The second-order valence-electron chi connectivity index (χ2n) is 6.98. The van der Waals surface area contributed by atoms with Gasteiger partial charge in [0, 0.05) is 29.1 Å². The summed E-state index contributed by atoms with van der Waals surface area (Å²) < 4.78 is 5.57. The van der Waals surface area contributed by atoms with Gasteiger partial charge < -0.3 is 19.7 Å². The molecule has 1 aromatic rings. The summed E-state index contributed by atoms with van der Waals surface area (Å²) in [4.78, 5) is 14.8. The highest BCUT2D eigenvalue weighted by Gasteiger charge is 2.54. The number of rotatable bonds is 4. The van der Waals surface area contributed by atoms with Crippen LogP contribution in [0.1, 0.15) is 35.2 Å². The summed E-state index contributed by atoms with van der Waals surface area (Å²) >= 11 is 1.60. The van der Waals surface area contributed by atoms with Crippen molar-refractivity contribution in [3.05, 3.63) is 23.3 Å². The van der Waals surface area contributed by atoms with Crippen molar-refractivity contribution in [1.29, 1.82) is 0 Å². The Morgan fingerprint density at radius 1 is 1.48 bits per heavy atom. The first-order valence-electron chi connectivity index (χ1n) is 8.05. The minimum atomic E-state index is -0.978. The van der Waals surface area contributed by atoms with E-state index < -0.39 is 13.1 Å². The molecule has 0 amide bonds. The van der Waals surface area contributed by atoms with Crippen LogP contribution in [0.4, 0.5) is 0 Å². The fraction of sp³-hybridized carbons (Fsp3) is 0.562. The van der Waals surface area contributed by atoms with E-state index in [2.05, 4.69) is 18.9 Å². The predicted molar refractivity (Wildman–Crippen MR) is 89.4 cm³/mol. The SMILES string of the molecule is C[C@@H](Sc1ccc2c(c1C(=O)O)OB(O)[C@H]1CC21)C1CN(C)C1. The summed E-state index contributed by atoms with van der Waals surface area (Å²) in [6, 6.07) is 3.91. The second-order valence-corrected chi connectivity index (χ2v) is 8.40. The number of benzene rings is 1. The van der Waals surface area contributed by atoms with Crippen LogP contribution in [0.5, 0.6) is 5.75 Å². The normalized spacial score (nSPS) is 27.5. The van der Waals surface area contributed by atoms with E-state index in [0.29, 0.717) is 16.9 Å². The lowest BCUT2D eigenvalue weighted by Crippen LogP contribution is -2.47. The van der Waals surface area contributed by atoms with E-state index in [4.69, 9.17) is 4.65 Å². The summed E-state index contributed by atoms with van der Waals surface area (Å²) in [6.45, 7) is 4.26. The van der Waals surface area contributed by atoms with Crippen LogP contribution in [-0.2, 0) is 0 Å². The van der Waals surface area contributed by atoms with Crippen LogP contribution in [0.2, 0.25) is 5.82 Å². The van der Waals surface area contributed by atoms with Crippen LogP contribution in [0.15, 0.2) is 17.0 Å². The number of nitrogens with zero attached hydrogens (tertiary/aromatic N) is 1. The van der Waals surface area contributed by atoms with Crippen molar-refractivity contribution < 1.29 is 19.6 Å². The fourth-order valence-electron chi connectivity index (χ4n) is 3.74. The molecule has 3 aliphatic rings. The molecule has 5 nitrogen and oxygen atoms in total. The van der Waals surface area contributed by atoms with Gasteiger partial charge in [0.05, 0.1) is 0 Å². The van der Waals surface area contributed by atoms with Gasteiger partial charge in [0.15, 0.2) is 0 Å². The molecule has 122 valence electrons. The molecule has 2 aliphatic heterocycles. The molecular weight excluding hydrogens is 313 g/mol. The second kappa shape index (κ2) is 5.43. The maximum atomic E-state index is 11.8. The van der Waals surface area contributed by atoms with Gasteiger partial charge in [-0.05, 0) is 36.9 Å². The lowest BCUT2D eigenvalue weighted by Gasteiger charge is -2.39. The van der Waals surface area contributed by atoms with E-state index in [0.717, 1.165) is 30.0 Å². The first-order chi connectivity index (χ1) is 11.0. The molecule has 4 rings (SSSR count). The van der Waals surface area contributed by atoms with Crippen molar-refractivity contribution >= 4 is 24.8 Å². The van der Waals surface area contributed by atoms with E-state index in [-0.39, 0.29) is 17.3 Å². The van der Waals surface area contributed by atoms with Crippen molar-refractivity contribution in [1.82, 2.24) is 4.90 Å². The summed E-state index contributed by atoms with van der Waals surface area (Å²) in [5.74, 6) is 0.373. The molecule has 2 heterocycles. The van der Waals surface area contributed by atoms with Crippen LogP contribution in [0, 0.1) is 5.92 Å². The van der Waals surface area contributed by atoms with Gasteiger partial charge >= 0.3 is 13.1 Å². The molecule has 1 aromatic carbocycles. The number of carboxylic acid groups (broad SMARTS) is 1. The first kappa shape index (κ1) is 15.4. The van der Waals surface area contributed by atoms with Crippen molar-refractivity contribution in [3.8, 4) is 5.75 Å². The van der Waals surface area contributed by atoms with E-state index in [1.54, 1.807) is 11.8 Å². The van der Waals surface area contributed by atoms with Crippen molar-refractivity contribution in [2.75, 3.05) is 20.1 Å². The van der Waals surface area contributed by atoms with E-state index in [1.165, 1.54) is 0 Å². The highest BCUT2D eigenvalue weighted by atomic mass is 32.2. The number of hydrogen-bond donors (Lipinski definition) is 2. The summed E-state index contributed by atoms with van der Waals surface area (Å²) in [5.41, 5.74) is 1.16. The minimum Gasteiger partial charge on any atom is -0.535 e. The van der Waals surface area contributed by atoms with Crippen LogP contribution in [0.3, 0.4) is 0 Å². The average Bonchev–Trinajstić information content (AvgIpc) is 3.24. The van der Waals surface area contributed by atoms with Crippen LogP contribution in [0.25, 0.3) is 0 Å². The molecule has 0 spiro atoms. The van der Waals surface area contributed by atoms with Crippen LogP contribution < -0.4 is 4.65 Å². The van der Waals surface area contributed by atoms with Crippen molar-refractivity contribution in [2.45, 2.75) is 35.2 Å². The maximum Gasteiger partial charge on any atom is 0.526 e. The highest BCUT2D eigenvalue weighted by Crippen LogP contribution is 2.60. The van der Waals surface area contributed by atoms with Gasteiger partial charge in [0.25, 0.3) is 0 Å². The third-order valence-corrected chi connectivity index (χ3v) is 6.63. The van der Waals surface area contributed by atoms with Crippen LogP contribution in [-0.4, -0.2) is 53.5 Å². The Balaban J connectivity index is 1.65. The zero-order valence-corrected chi connectivity index (χ0v) is 14.0.